The van der Waals surface area contributed by atoms with E-state index in [2.05, 4.69) is 9.97 Å². The maximum Gasteiger partial charge on any atom is 0.339 e. The fourth-order valence-electron chi connectivity index (χ4n) is 9.97. The molecule has 2 N–H and O–H groups in total. The maximum absolute atomic E-state index is 14.5. The van der Waals surface area contributed by atoms with E-state index >= 15 is 0 Å². The number of aromatic amines is 2. The first-order chi connectivity index (χ1) is 35.2. The summed E-state index contributed by atoms with van der Waals surface area (Å²) < 4.78 is 21.6. The molecule has 3 aromatic heterocycles. The first-order valence-corrected chi connectivity index (χ1v) is 22.9. The van der Waals surface area contributed by atoms with Crippen LogP contribution in [0.25, 0.3) is 112 Å². The Kier molecular flexibility index (Phi) is 11.4. The van der Waals surface area contributed by atoms with Gasteiger partial charge in [-0.3, -0.25) is 0 Å². The molecule has 2 aliphatic rings. The van der Waals surface area contributed by atoms with Gasteiger partial charge in [-0.25, -0.2) is 29.1 Å². The molecule has 12 heteroatoms. The molecule has 11 rings (SSSR count). The number of aromatic nitrogens is 4. The summed E-state index contributed by atoms with van der Waals surface area (Å²) in [7, 11) is 5.02. The molecule has 0 atom stereocenters. The number of hydrogen-bond acceptors (Lipinski definition) is 10. The first-order valence-electron chi connectivity index (χ1n) is 22.9. The van der Waals surface area contributed by atoms with Crippen LogP contribution in [0.5, 0.6) is 0 Å². The second-order valence-electron chi connectivity index (χ2n) is 16.9. The van der Waals surface area contributed by atoms with Gasteiger partial charge in [-0.2, -0.15) is 0 Å². The van der Waals surface area contributed by atoms with Crippen LogP contribution in [0.4, 0.5) is 0 Å². The number of nitrogens with zero attached hydrogens (tertiary/aromatic N) is 2. The van der Waals surface area contributed by atoms with E-state index in [0.29, 0.717) is 83.5 Å². The van der Waals surface area contributed by atoms with Crippen LogP contribution in [0.3, 0.4) is 0 Å². The van der Waals surface area contributed by atoms with Gasteiger partial charge in [0.2, 0.25) is 0 Å². The zero-order chi connectivity index (χ0) is 49.6. The fourth-order valence-corrected chi connectivity index (χ4v) is 9.97. The highest BCUT2D eigenvalue weighted by molar-refractivity contribution is 6.26. The van der Waals surface area contributed by atoms with Crippen molar-refractivity contribution in [2.75, 3.05) is 28.4 Å². The average molecular weight is 947 g/mol. The van der Waals surface area contributed by atoms with E-state index in [4.69, 9.17) is 28.9 Å². The Morgan fingerprint density at radius 3 is 1.40 bits per heavy atom. The molecule has 0 spiro atoms. The molecule has 2 aliphatic heterocycles. The van der Waals surface area contributed by atoms with Gasteiger partial charge in [-0.1, -0.05) is 133 Å². The van der Waals surface area contributed by atoms with Gasteiger partial charge in [0.25, 0.3) is 0 Å². The van der Waals surface area contributed by atoms with Gasteiger partial charge in [-0.15, -0.1) is 0 Å². The molecule has 350 valence electrons. The van der Waals surface area contributed by atoms with E-state index in [0.717, 1.165) is 27.8 Å². The third kappa shape index (κ3) is 7.32. The van der Waals surface area contributed by atoms with Crippen molar-refractivity contribution in [3.8, 4) is 67.0 Å². The predicted molar refractivity (Wildman–Crippen MR) is 279 cm³/mol. The van der Waals surface area contributed by atoms with Crippen LogP contribution in [0, 0.1) is 0 Å². The summed E-state index contributed by atoms with van der Waals surface area (Å²) in [5.41, 5.74) is 10.6. The zero-order valence-electron chi connectivity index (χ0n) is 39.3. The largest absolute Gasteiger partial charge is 0.465 e. The molecule has 9 aromatic rings. The summed E-state index contributed by atoms with van der Waals surface area (Å²) in [6, 6.07) is 49.5. The van der Waals surface area contributed by atoms with Crippen molar-refractivity contribution in [2.45, 2.75) is 0 Å². The Balaban J connectivity index is 1.51. The van der Waals surface area contributed by atoms with E-state index < -0.39 is 23.9 Å². The monoisotopic (exact) mass is 946 g/mol. The number of methoxy groups -OCH3 is 4. The summed E-state index contributed by atoms with van der Waals surface area (Å²) in [5, 5.41) is 0.818. The number of carbonyl (C=O) groups is 4. The minimum Gasteiger partial charge on any atom is -0.465 e. The van der Waals surface area contributed by atoms with Gasteiger partial charge in [0.15, 0.2) is 0 Å². The Morgan fingerprint density at radius 1 is 0.389 bits per heavy atom. The van der Waals surface area contributed by atoms with Crippen molar-refractivity contribution in [3.05, 3.63) is 191 Å². The highest BCUT2D eigenvalue weighted by Gasteiger charge is 2.35. The van der Waals surface area contributed by atoms with Crippen molar-refractivity contribution in [1.29, 1.82) is 0 Å². The van der Waals surface area contributed by atoms with Crippen LogP contribution in [0.2, 0.25) is 0 Å². The predicted octanol–water partition coefficient (Wildman–Crippen LogP) is 12.8. The molecular weight excluding hydrogens is 905 g/mol. The van der Waals surface area contributed by atoms with Crippen molar-refractivity contribution >= 4 is 68.9 Å². The van der Waals surface area contributed by atoms with Gasteiger partial charge in [0, 0.05) is 55.2 Å². The number of nitrogens with one attached hydrogen (secondary N) is 2. The number of carbonyl (C=O) groups excluding carboxylic acids is 4. The minimum absolute atomic E-state index is 0.0293. The normalized spacial score (nSPS) is 11.5. The third-order valence-corrected chi connectivity index (χ3v) is 13.1. The van der Waals surface area contributed by atoms with Gasteiger partial charge in [-0.05, 0) is 58.7 Å². The van der Waals surface area contributed by atoms with Crippen LogP contribution in [-0.4, -0.2) is 72.3 Å². The van der Waals surface area contributed by atoms with Gasteiger partial charge in [0.05, 0.1) is 84.5 Å². The molecule has 0 radical (unpaired) electrons. The Labute approximate surface area is 412 Å². The zero-order valence-corrected chi connectivity index (χ0v) is 39.3. The minimum atomic E-state index is -0.796. The number of fused-ring (bicyclic) bond motifs is 14. The quantitative estimate of drug-likeness (QED) is 0.111. The number of ether oxygens (including phenoxy) is 4. The van der Waals surface area contributed by atoms with Crippen molar-refractivity contribution in [3.63, 3.8) is 0 Å². The van der Waals surface area contributed by atoms with E-state index in [9.17, 15) is 19.2 Å². The lowest BCUT2D eigenvalue weighted by Crippen LogP contribution is -2.13. The number of rotatable bonds is 8. The maximum atomic E-state index is 14.5. The van der Waals surface area contributed by atoms with E-state index in [1.807, 2.05) is 146 Å². The van der Waals surface area contributed by atoms with Gasteiger partial charge < -0.3 is 28.9 Å². The first kappa shape index (κ1) is 44.8. The summed E-state index contributed by atoms with van der Waals surface area (Å²) >= 11 is 0. The lowest BCUT2D eigenvalue weighted by Gasteiger charge is -2.14. The topological polar surface area (TPSA) is 163 Å². The smallest absolute Gasteiger partial charge is 0.339 e. The summed E-state index contributed by atoms with van der Waals surface area (Å²) in [5.74, 6) is -3.10. The average Bonchev–Trinajstić information content (AvgIpc) is 4.26. The Morgan fingerprint density at radius 2 is 0.847 bits per heavy atom. The van der Waals surface area contributed by atoms with Crippen LogP contribution in [0.1, 0.15) is 52.8 Å². The molecule has 0 saturated carbocycles. The molecule has 0 fully saturated rings. The molecule has 8 bridgehead atoms. The highest BCUT2D eigenvalue weighted by Crippen LogP contribution is 2.50. The second kappa shape index (κ2) is 18.3. The molecule has 0 saturated heterocycles. The number of hydrogen-bond donors (Lipinski definition) is 2. The Bertz CT molecular complexity index is 3920. The molecule has 0 aliphatic carbocycles. The number of benzene rings is 6. The van der Waals surface area contributed by atoms with E-state index in [-0.39, 0.29) is 22.3 Å². The van der Waals surface area contributed by atoms with Crippen LogP contribution >= 0.6 is 0 Å². The van der Waals surface area contributed by atoms with Crippen molar-refractivity contribution in [2.24, 2.45) is 0 Å². The standard InChI is InChI=1S/C60H42N4O8/c1-69-57(65)39-28-26-38-49(51(39)59(67)71-3)55-47(35-21-13-7-14-22-35)44-32-30-42(62-44)45(33-17-9-5-10-18-33)41-29-31-43(61-41)46(34-19-11-6-12-20-34)53-37-25-27-40(58(66)70-2)52(60(68)72-4)50(37)56(63-53)48(54(38)64-55)36-23-15-8-16-24-36/h5-32,61,64H,1-4H3. The van der Waals surface area contributed by atoms with E-state index in [1.165, 1.54) is 34.5 Å². The van der Waals surface area contributed by atoms with Gasteiger partial charge in [0.1, 0.15) is 0 Å². The SMILES string of the molecule is COC(=O)c1ccc2c(c1C(=O)OC)-c1nc-2c(-c2ccccc2)c2ccc([nH]2)c(-c2ccccc2)c2nc(c(-c3ccccc3)c3[nH]c(c1-c1ccccc1)c1ccc(C(=O)OC)c(C(=O)OC)c31)C=C2. The molecule has 0 unspecified atom stereocenters. The van der Waals surface area contributed by atoms with Crippen molar-refractivity contribution in [1.82, 2.24) is 19.9 Å². The summed E-state index contributed by atoms with van der Waals surface area (Å²) in [4.78, 5) is 75.3. The molecule has 6 aromatic carbocycles. The molecule has 5 heterocycles. The number of H-pyrrole nitrogens is 2. The molecular formula is C60H42N4O8. The van der Waals surface area contributed by atoms with Crippen LogP contribution < -0.4 is 0 Å². The third-order valence-electron chi connectivity index (χ3n) is 13.1. The summed E-state index contributed by atoms with van der Waals surface area (Å²) in [6.07, 6.45) is 3.91. The lowest BCUT2D eigenvalue weighted by atomic mass is 9.88. The molecule has 12 nitrogen and oxygen atoms in total. The van der Waals surface area contributed by atoms with Crippen LogP contribution in [-0.2, 0) is 18.9 Å². The fraction of sp³-hybridized carbons (Fsp3) is 0.0667. The lowest BCUT2D eigenvalue weighted by molar-refractivity contribution is 0.0556. The highest BCUT2D eigenvalue weighted by atomic mass is 16.5. The second-order valence-corrected chi connectivity index (χ2v) is 16.9. The van der Waals surface area contributed by atoms with Gasteiger partial charge >= 0.3 is 23.9 Å². The van der Waals surface area contributed by atoms with Crippen molar-refractivity contribution < 1.29 is 38.1 Å². The summed E-state index contributed by atoms with van der Waals surface area (Å²) in [6.45, 7) is 0. The van der Waals surface area contributed by atoms with Crippen LogP contribution in [0.15, 0.2) is 158 Å². The molecule has 72 heavy (non-hydrogen) atoms. The number of esters is 4. The van der Waals surface area contributed by atoms with E-state index in [1.54, 1.807) is 18.2 Å². The molecule has 0 amide bonds. The Hall–Kier alpha value is -9.68.